The zero-order chi connectivity index (χ0) is 10.3. The first kappa shape index (κ1) is 9.99. The van der Waals surface area contributed by atoms with E-state index in [-0.39, 0.29) is 0 Å². The topological polar surface area (TPSA) is 13.1 Å². The Morgan fingerprint density at radius 3 is 2.50 bits per heavy atom. The molecule has 74 valence electrons. The predicted molar refractivity (Wildman–Crippen MR) is 66.9 cm³/mol. The van der Waals surface area contributed by atoms with E-state index < -0.39 is 8.07 Å². The van der Waals surface area contributed by atoms with Crippen molar-refractivity contribution in [2.75, 3.05) is 0 Å². The third-order valence-electron chi connectivity index (χ3n) is 2.22. The highest BCUT2D eigenvalue weighted by Gasteiger charge is 2.21. The molecular weight excluding hydrogens is 256 g/mol. The third-order valence-corrected chi connectivity index (χ3v) is 4.44. The lowest BCUT2D eigenvalue weighted by molar-refractivity contribution is 0.648. The van der Waals surface area contributed by atoms with Crippen LogP contribution in [-0.2, 0) is 0 Å². The SMILES string of the molecule is C[Si](C)(C)c1cc2cc(Br)ccc2o1. The molecule has 2 aromatic rings. The van der Waals surface area contributed by atoms with Crippen LogP contribution in [0.4, 0.5) is 0 Å². The second-order valence-corrected chi connectivity index (χ2v) is 10.5. The largest absolute Gasteiger partial charge is 0.466 e. The van der Waals surface area contributed by atoms with Gasteiger partial charge in [-0.3, -0.25) is 0 Å². The zero-order valence-electron chi connectivity index (χ0n) is 8.60. The van der Waals surface area contributed by atoms with Gasteiger partial charge in [0.15, 0.2) is 0 Å². The minimum absolute atomic E-state index is 0.991. The van der Waals surface area contributed by atoms with Crippen molar-refractivity contribution in [2.24, 2.45) is 0 Å². The van der Waals surface area contributed by atoms with Crippen LogP contribution in [-0.4, -0.2) is 8.07 Å². The molecule has 0 unspecified atom stereocenters. The van der Waals surface area contributed by atoms with Gasteiger partial charge >= 0.3 is 0 Å². The van der Waals surface area contributed by atoms with Crippen LogP contribution in [0.2, 0.25) is 19.6 Å². The molecule has 0 fully saturated rings. The molecule has 14 heavy (non-hydrogen) atoms. The van der Waals surface area contributed by atoms with Crippen LogP contribution in [0, 0.1) is 0 Å². The van der Waals surface area contributed by atoms with Gasteiger partial charge < -0.3 is 4.42 Å². The molecular formula is C11H13BrOSi. The van der Waals surface area contributed by atoms with Crippen LogP contribution in [0.3, 0.4) is 0 Å². The van der Waals surface area contributed by atoms with E-state index in [9.17, 15) is 0 Å². The molecule has 1 aromatic heterocycles. The second-order valence-electron chi connectivity index (χ2n) is 4.54. The number of fused-ring (bicyclic) bond motifs is 1. The summed E-state index contributed by atoms with van der Waals surface area (Å²) in [6.45, 7) is 6.87. The van der Waals surface area contributed by atoms with Crippen molar-refractivity contribution in [1.29, 1.82) is 0 Å². The highest BCUT2D eigenvalue weighted by Crippen LogP contribution is 2.21. The summed E-state index contributed by atoms with van der Waals surface area (Å²) < 4.78 is 6.93. The average molecular weight is 269 g/mol. The molecule has 0 N–H and O–H groups in total. The van der Waals surface area contributed by atoms with Crippen molar-refractivity contribution in [3.8, 4) is 0 Å². The Balaban J connectivity index is 2.63. The van der Waals surface area contributed by atoms with Crippen molar-refractivity contribution < 1.29 is 4.42 Å². The van der Waals surface area contributed by atoms with Gasteiger partial charge in [0, 0.05) is 9.86 Å². The maximum absolute atomic E-state index is 5.83. The molecule has 0 aliphatic rings. The lowest BCUT2D eigenvalue weighted by Crippen LogP contribution is -2.36. The first-order valence-corrected chi connectivity index (χ1v) is 8.96. The first-order chi connectivity index (χ1) is 6.47. The zero-order valence-corrected chi connectivity index (χ0v) is 11.2. The molecule has 0 spiro atoms. The molecule has 0 amide bonds. The fraction of sp³-hybridized carbons (Fsp3) is 0.273. The summed E-state index contributed by atoms with van der Waals surface area (Å²) in [4.78, 5) is 0. The van der Waals surface area contributed by atoms with E-state index in [4.69, 9.17) is 4.42 Å². The summed E-state index contributed by atoms with van der Waals surface area (Å²) in [5, 5.41) is 2.36. The van der Waals surface area contributed by atoms with Crippen molar-refractivity contribution >= 4 is 40.4 Å². The minimum Gasteiger partial charge on any atom is -0.466 e. The van der Waals surface area contributed by atoms with Crippen LogP contribution >= 0.6 is 15.9 Å². The highest BCUT2D eigenvalue weighted by molar-refractivity contribution is 9.10. The van der Waals surface area contributed by atoms with Crippen molar-refractivity contribution in [3.63, 3.8) is 0 Å². The fourth-order valence-electron chi connectivity index (χ4n) is 1.38. The number of benzene rings is 1. The molecule has 1 nitrogen and oxygen atoms in total. The number of halogens is 1. The Labute approximate surface area is 93.3 Å². The predicted octanol–water partition coefficient (Wildman–Crippen LogP) is 3.74. The monoisotopic (exact) mass is 268 g/mol. The van der Waals surface area contributed by atoms with Gasteiger partial charge in [-0.25, -0.2) is 0 Å². The maximum Gasteiger partial charge on any atom is 0.133 e. The summed E-state index contributed by atoms with van der Waals surface area (Å²) in [5.41, 5.74) is 0.991. The molecule has 0 aliphatic carbocycles. The Morgan fingerprint density at radius 2 is 1.86 bits per heavy atom. The van der Waals surface area contributed by atoms with E-state index in [1.54, 1.807) is 0 Å². The Bertz CT molecular complexity index is 468. The molecule has 1 heterocycles. The molecule has 0 atom stereocenters. The molecule has 0 radical (unpaired) electrons. The molecule has 2 rings (SSSR count). The van der Waals surface area contributed by atoms with Gasteiger partial charge in [-0.1, -0.05) is 35.6 Å². The Kier molecular flexibility index (Phi) is 2.31. The summed E-state index contributed by atoms with van der Waals surface area (Å²) in [6.07, 6.45) is 0. The third kappa shape index (κ3) is 1.79. The quantitative estimate of drug-likeness (QED) is 0.719. The van der Waals surface area contributed by atoms with Gasteiger partial charge in [-0.2, -0.15) is 0 Å². The number of hydrogen-bond acceptors (Lipinski definition) is 1. The molecule has 3 heteroatoms. The van der Waals surface area contributed by atoms with Crippen LogP contribution in [0.25, 0.3) is 11.0 Å². The Morgan fingerprint density at radius 1 is 1.14 bits per heavy atom. The van der Waals surface area contributed by atoms with Gasteiger partial charge in [-0.15, -0.1) is 0 Å². The molecule has 1 aromatic carbocycles. The molecule has 0 aliphatic heterocycles. The van der Waals surface area contributed by atoms with Crippen LogP contribution in [0.15, 0.2) is 33.2 Å². The van der Waals surface area contributed by atoms with Crippen LogP contribution < -0.4 is 5.38 Å². The van der Waals surface area contributed by atoms with Crippen LogP contribution in [0.1, 0.15) is 0 Å². The second kappa shape index (κ2) is 3.24. The van der Waals surface area contributed by atoms with Crippen molar-refractivity contribution in [3.05, 3.63) is 28.7 Å². The van der Waals surface area contributed by atoms with E-state index in [2.05, 4.69) is 47.7 Å². The minimum atomic E-state index is -1.32. The van der Waals surface area contributed by atoms with E-state index in [0.717, 1.165) is 10.1 Å². The number of furan rings is 1. The van der Waals surface area contributed by atoms with E-state index in [1.807, 2.05) is 12.1 Å². The molecule has 0 bridgehead atoms. The summed E-state index contributed by atoms with van der Waals surface area (Å²) >= 11 is 3.46. The molecule has 0 saturated carbocycles. The van der Waals surface area contributed by atoms with E-state index >= 15 is 0 Å². The summed E-state index contributed by atoms with van der Waals surface area (Å²) in [6, 6.07) is 8.30. The van der Waals surface area contributed by atoms with Crippen LogP contribution in [0.5, 0.6) is 0 Å². The Hall–Kier alpha value is -0.543. The summed E-state index contributed by atoms with van der Waals surface area (Å²) in [7, 11) is -1.32. The van der Waals surface area contributed by atoms with Crippen molar-refractivity contribution in [2.45, 2.75) is 19.6 Å². The normalized spacial score (nSPS) is 12.3. The average Bonchev–Trinajstić information content (AvgIpc) is 2.45. The summed E-state index contributed by atoms with van der Waals surface area (Å²) in [5.74, 6) is 0. The fourth-order valence-corrected chi connectivity index (χ4v) is 2.77. The lowest BCUT2D eigenvalue weighted by atomic mass is 10.3. The maximum atomic E-state index is 5.83. The van der Waals surface area contributed by atoms with Gasteiger partial charge in [-0.05, 0) is 24.3 Å². The van der Waals surface area contributed by atoms with E-state index in [1.165, 1.54) is 10.8 Å². The highest BCUT2D eigenvalue weighted by atomic mass is 79.9. The van der Waals surface area contributed by atoms with Gasteiger partial charge in [0.2, 0.25) is 0 Å². The number of rotatable bonds is 1. The number of hydrogen-bond donors (Lipinski definition) is 0. The lowest BCUT2D eigenvalue weighted by Gasteiger charge is -2.10. The van der Waals surface area contributed by atoms with Gasteiger partial charge in [0.25, 0.3) is 0 Å². The standard InChI is InChI=1S/C11H13BrOSi/c1-14(2,3)11-7-8-6-9(12)4-5-10(8)13-11/h4-7H,1-3H3. The molecule has 0 saturated heterocycles. The van der Waals surface area contributed by atoms with Gasteiger partial charge in [0.05, 0.1) is 5.38 Å². The smallest absolute Gasteiger partial charge is 0.133 e. The van der Waals surface area contributed by atoms with E-state index in [0.29, 0.717) is 0 Å². The van der Waals surface area contributed by atoms with Crippen molar-refractivity contribution in [1.82, 2.24) is 0 Å². The first-order valence-electron chi connectivity index (χ1n) is 4.66. The van der Waals surface area contributed by atoms with Gasteiger partial charge in [0.1, 0.15) is 13.7 Å².